The summed E-state index contributed by atoms with van der Waals surface area (Å²) in [4.78, 5) is 10.8. The van der Waals surface area contributed by atoms with Crippen LogP contribution in [0.3, 0.4) is 0 Å². The molecule has 0 bridgehead atoms. The lowest BCUT2D eigenvalue weighted by molar-refractivity contribution is -0.304. The highest BCUT2D eigenvalue weighted by Gasteiger charge is 2.14. The number of carbonyl (C=O) groups is 1. The maximum Gasteiger partial charge on any atom is 0.134 e. The van der Waals surface area contributed by atoms with E-state index in [4.69, 9.17) is 4.42 Å². The monoisotopic (exact) mass is 279 g/mol. The average Bonchev–Trinajstić information content (AvgIpc) is 2.85. The molecule has 3 aromatic rings. The highest BCUT2D eigenvalue weighted by molar-refractivity contribution is 5.96. The average molecular weight is 279 g/mol. The Kier molecular flexibility index (Phi) is 3.48. The summed E-state index contributed by atoms with van der Waals surface area (Å²) in [5, 5.41) is 11.7. The van der Waals surface area contributed by atoms with Crippen molar-refractivity contribution in [2.75, 3.05) is 0 Å². The number of aryl methyl sites for hydroxylation is 1. The second-order valence-electron chi connectivity index (χ2n) is 5.00. The first kappa shape index (κ1) is 13.4. The molecule has 0 fully saturated rings. The first-order chi connectivity index (χ1) is 10.2. The number of carbonyl (C=O) groups excluding carboxylic acids is 1. The molecule has 0 unspecified atom stereocenters. The Morgan fingerprint density at radius 3 is 2.57 bits per heavy atom. The van der Waals surface area contributed by atoms with Crippen LogP contribution in [0.4, 0.5) is 0 Å². The van der Waals surface area contributed by atoms with Crippen LogP contribution in [0.2, 0.25) is 0 Å². The number of aliphatic carboxylic acids is 1. The molecule has 0 N–H and O–H groups in total. The van der Waals surface area contributed by atoms with Crippen LogP contribution < -0.4 is 5.11 Å². The van der Waals surface area contributed by atoms with E-state index >= 15 is 0 Å². The summed E-state index contributed by atoms with van der Waals surface area (Å²) in [6, 6.07) is 15.5. The van der Waals surface area contributed by atoms with Crippen LogP contribution in [0.15, 0.2) is 52.9 Å². The molecular formula is C18H15O3-. The molecule has 0 spiro atoms. The van der Waals surface area contributed by atoms with E-state index in [2.05, 4.69) is 0 Å². The first-order valence-electron chi connectivity index (χ1n) is 6.98. The predicted molar refractivity (Wildman–Crippen MR) is 79.7 cm³/mol. The molecular weight excluding hydrogens is 264 g/mol. The van der Waals surface area contributed by atoms with Crippen molar-refractivity contribution in [2.45, 2.75) is 19.8 Å². The maximum atomic E-state index is 10.8. The third kappa shape index (κ3) is 2.55. The third-order valence-corrected chi connectivity index (χ3v) is 3.56. The quantitative estimate of drug-likeness (QED) is 0.737. The van der Waals surface area contributed by atoms with Gasteiger partial charge in [0.05, 0.1) is 0 Å². The summed E-state index contributed by atoms with van der Waals surface area (Å²) in [5.41, 5.74) is 3.64. The zero-order chi connectivity index (χ0) is 14.8. The summed E-state index contributed by atoms with van der Waals surface area (Å²) in [5.74, 6) is -0.156. The van der Waals surface area contributed by atoms with Gasteiger partial charge in [-0.3, -0.25) is 0 Å². The Labute approximate surface area is 122 Å². The second kappa shape index (κ2) is 5.44. The Bertz CT molecular complexity index is 785. The second-order valence-corrected chi connectivity index (χ2v) is 5.00. The van der Waals surface area contributed by atoms with E-state index in [1.807, 2.05) is 49.4 Å². The molecule has 0 aliphatic heterocycles. The molecule has 0 amide bonds. The zero-order valence-electron chi connectivity index (χ0n) is 11.8. The lowest BCUT2D eigenvalue weighted by Gasteiger charge is -2.04. The fraction of sp³-hybridized carbons (Fsp3) is 0.167. The molecule has 0 atom stereocenters. The van der Waals surface area contributed by atoms with Crippen molar-refractivity contribution in [2.24, 2.45) is 0 Å². The van der Waals surface area contributed by atoms with Gasteiger partial charge in [0, 0.05) is 29.8 Å². The van der Waals surface area contributed by atoms with E-state index in [-0.39, 0.29) is 6.42 Å². The Morgan fingerprint density at radius 2 is 1.90 bits per heavy atom. The van der Waals surface area contributed by atoms with Gasteiger partial charge in [-0.1, -0.05) is 43.3 Å². The van der Waals surface area contributed by atoms with Crippen LogP contribution in [-0.2, 0) is 17.6 Å². The summed E-state index contributed by atoms with van der Waals surface area (Å²) < 4.78 is 5.90. The smallest absolute Gasteiger partial charge is 0.134 e. The normalized spacial score (nSPS) is 10.9. The van der Waals surface area contributed by atoms with Crippen LogP contribution in [0, 0.1) is 0 Å². The van der Waals surface area contributed by atoms with Crippen LogP contribution in [0.25, 0.3) is 22.1 Å². The third-order valence-electron chi connectivity index (χ3n) is 3.56. The summed E-state index contributed by atoms with van der Waals surface area (Å²) >= 11 is 0. The molecule has 0 radical (unpaired) electrons. The minimum atomic E-state index is -1.07. The predicted octanol–water partition coefficient (Wildman–Crippen LogP) is 2.95. The van der Waals surface area contributed by atoms with Gasteiger partial charge in [0.2, 0.25) is 0 Å². The number of fused-ring (bicyclic) bond motifs is 1. The molecule has 0 saturated heterocycles. The van der Waals surface area contributed by atoms with Crippen LogP contribution in [-0.4, -0.2) is 5.97 Å². The number of benzene rings is 2. The number of rotatable bonds is 4. The van der Waals surface area contributed by atoms with E-state index in [0.29, 0.717) is 0 Å². The summed E-state index contributed by atoms with van der Waals surface area (Å²) in [7, 11) is 0. The highest BCUT2D eigenvalue weighted by Crippen LogP contribution is 2.35. The van der Waals surface area contributed by atoms with E-state index in [9.17, 15) is 9.90 Å². The van der Waals surface area contributed by atoms with Crippen LogP contribution in [0.1, 0.15) is 18.2 Å². The molecule has 21 heavy (non-hydrogen) atoms. The largest absolute Gasteiger partial charge is 0.550 e. The maximum absolute atomic E-state index is 10.8. The van der Waals surface area contributed by atoms with Crippen molar-refractivity contribution in [3.8, 4) is 11.1 Å². The van der Waals surface area contributed by atoms with Gasteiger partial charge in [0.15, 0.2) is 0 Å². The van der Waals surface area contributed by atoms with Crippen LogP contribution >= 0.6 is 0 Å². The van der Waals surface area contributed by atoms with Crippen molar-refractivity contribution in [1.82, 2.24) is 0 Å². The van der Waals surface area contributed by atoms with Gasteiger partial charge >= 0.3 is 0 Å². The lowest BCUT2D eigenvalue weighted by Crippen LogP contribution is -2.24. The number of hydrogen-bond donors (Lipinski definition) is 0. The van der Waals surface area contributed by atoms with E-state index in [1.165, 1.54) is 0 Å². The fourth-order valence-electron chi connectivity index (χ4n) is 2.64. The molecule has 2 aromatic carbocycles. The molecule has 0 saturated carbocycles. The van der Waals surface area contributed by atoms with E-state index < -0.39 is 5.97 Å². The number of furan rings is 1. The molecule has 1 heterocycles. The molecule has 1 aromatic heterocycles. The van der Waals surface area contributed by atoms with Crippen molar-refractivity contribution in [3.05, 3.63) is 59.9 Å². The fourth-order valence-corrected chi connectivity index (χ4v) is 2.64. The van der Waals surface area contributed by atoms with Gasteiger partial charge in [0.1, 0.15) is 11.3 Å². The molecule has 106 valence electrons. The van der Waals surface area contributed by atoms with Gasteiger partial charge < -0.3 is 14.3 Å². The minimum absolute atomic E-state index is 0.0865. The molecule has 0 aliphatic rings. The van der Waals surface area contributed by atoms with E-state index in [0.717, 1.165) is 39.8 Å². The molecule has 0 aliphatic carbocycles. The van der Waals surface area contributed by atoms with Crippen molar-refractivity contribution < 1.29 is 14.3 Å². The van der Waals surface area contributed by atoms with Crippen LogP contribution in [0.5, 0.6) is 0 Å². The van der Waals surface area contributed by atoms with Gasteiger partial charge in [-0.05, 0) is 23.3 Å². The number of carboxylic acids is 1. The van der Waals surface area contributed by atoms with Gasteiger partial charge in [-0.2, -0.15) is 0 Å². The van der Waals surface area contributed by atoms with Crippen molar-refractivity contribution in [1.29, 1.82) is 0 Å². The Balaban J connectivity index is 2.22. The molecule has 3 nitrogen and oxygen atoms in total. The topological polar surface area (TPSA) is 53.3 Å². The Hall–Kier alpha value is -2.55. The minimum Gasteiger partial charge on any atom is -0.550 e. The lowest BCUT2D eigenvalue weighted by atomic mass is 9.99. The summed E-state index contributed by atoms with van der Waals surface area (Å²) in [6.07, 6.45) is 0.700. The Morgan fingerprint density at radius 1 is 1.14 bits per heavy atom. The van der Waals surface area contributed by atoms with Crippen molar-refractivity contribution in [3.63, 3.8) is 0 Å². The number of hydrogen-bond acceptors (Lipinski definition) is 3. The zero-order valence-corrected chi connectivity index (χ0v) is 11.8. The molecule has 3 heteroatoms. The van der Waals surface area contributed by atoms with Gasteiger partial charge in [-0.15, -0.1) is 0 Å². The number of carboxylic acid groups (broad SMARTS) is 1. The standard InChI is InChI=1S/C18H16O3/c1-2-15-18(13-6-4-3-5-7-13)14-10-12(11-17(19)20)8-9-16(14)21-15/h3-10H,2,11H2,1H3,(H,19,20)/p-1. The van der Waals surface area contributed by atoms with Crippen molar-refractivity contribution >= 4 is 16.9 Å². The SMILES string of the molecule is CCc1oc2ccc(CC(=O)[O-])cc2c1-c1ccccc1. The van der Waals surface area contributed by atoms with Gasteiger partial charge in [0.25, 0.3) is 0 Å². The van der Waals surface area contributed by atoms with Gasteiger partial charge in [-0.25, -0.2) is 0 Å². The summed E-state index contributed by atoms with van der Waals surface area (Å²) in [6.45, 7) is 2.05. The highest BCUT2D eigenvalue weighted by atomic mass is 16.4. The van der Waals surface area contributed by atoms with E-state index in [1.54, 1.807) is 6.07 Å². The first-order valence-corrected chi connectivity index (χ1v) is 6.98. The molecule has 3 rings (SSSR count).